The second kappa shape index (κ2) is 5.46. The Morgan fingerprint density at radius 2 is 2.00 bits per heavy atom. The van der Waals surface area contributed by atoms with E-state index in [1.165, 1.54) is 6.07 Å². The van der Waals surface area contributed by atoms with E-state index in [-0.39, 0.29) is 5.56 Å². The first-order valence-corrected chi connectivity index (χ1v) is 5.99. The summed E-state index contributed by atoms with van der Waals surface area (Å²) in [4.78, 5) is 15.2. The number of hydrogen-bond acceptors (Lipinski definition) is 3. The molecule has 0 amide bonds. The van der Waals surface area contributed by atoms with Crippen LogP contribution in [0.4, 0.5) is 4.39 Å². The third kappa shape index (κ3) is 2.86. The molecule has 0 aliphatic carbocycles. The molecule has 5 heteroatoms. The second-order valence-corrected chi connectivity index (χ2v) is 4.66. The van der Waals surface area contributed by atoms with E-state index in [1.54, 1.807) is 12.1 Å². The highest BCUT2D eigenvalue weighted by Gasteiger charge is 2.18. The van der Waals surface area contributed by atoms with Crippen molar-refractivity contribution < 1.29 is 14.3 Å². The highest BCUT2D eigenvalue weighted by atomic mass is 19.1. The van der Waals surface area contributed by atoms with E-state index in [1.807, 2.05) is 0 Å². The van der Waals surface area contributed by atoms with Gasteiger partial charge in [0.2, 0.25) is 0 Å². The van der Waals surface area contributed by atoms with Gasteiger partial charge in [-0.05, 0) is 13.1 Å². The first kappa shape index (κ1) is 13.0. The fraction of sp³-hybridized carbons (Fsp3) is 0.462. The number of nitrogens with zero attached hydrogens (tertiary/aromatic N) is 2. The highest BCUT2D eigenvalue weighted by Crippen LogP contribution is 2.16. The normalized spacial score (nSPS) is 17.9. The predicted molar refractivity (Wildman–Crippen MR) is 66.1 cm³/mol. The van der Waals surface area contributed by atoms with Gasteiger partial charge in [-0.1, -0.05) is 12.1 Å². The zero-order chi connectivity index (χ0) is 13.1. The Morgan fingerprint density at radius 1 is 1.33 bits per heavy atom. The molecule has 0 saturated carbocycles. The zero-order valence-corrected chi connectivity index (χ0v) is 10.4. The third-order valence-electron chi connectivity index (χ3n) is 3.30. The van der Waals surface area contributed by atoms with Gasteiger partial charge < -0.3 is 10.0 Å². The number of carboxylic acid groups (broad SMARTS) is 1. The smallest absolute Gasteiger partial charge is 0.338 e. The zero-order valence-electron chi connectivity index (χ0n) is 10.4. The number of aromatic carboxylic acids is 1. The summed E-state index contributed by atoms with van der Waals surface area (Å²) in [5, 5.41) is 8.87. The van der Waals surface area contributed by atoms with Gasteiger partial charge in [-0.3, -0.25) is 4.90 Å². The molecule has 0 bridgehead atoms. The Labute approximate surface area is 106 Å². The molecule has 1 N–H and O–H groups in total. The molecule has 1 aromatic carbocycles. The van der Waals surface area contributed by atoms with Crippen molar-refractivity contribution in [3.8, 4) is 0 Å². The van der Waals surface area contributed by atoms with Crippen LogP contribution in [0.1, 0.15) is 15.9 Å². The number of carbonyl (C=O) groups is 1. The summed E-state index contributed by atoms with van der Waals surface area (Å²) in [6, 6.07) is 4.54. The number of likely N-dealkylation sites (N-methyl/N-ethyl adjacent to an activating group) is 1. The summed E-state index contributed by atoms with van der Waals surface area (Å²) in [7, 11) is 2.06. The van der Waals surface area contributed by atoms with E-state index in [4.69, 9.17) is 5.11 Å². The topological polar surface area (TPSA) is 43.8 Å². The number of benzene rings is 1. The Hall–Kier alpha value is -1.46. The molecular weight excluding hydrogens is 235 g/mol. The van der Waals surface area contributed by atoms with E-state index in [0.29, 0.717) is 12.1 Å². The Morgan fingerprint density at radius 3 is 2.61 bits per heavy atom. The highest BCUT2D eigenvalue weighted by molar-refractivity contribution is 5.88. The molecule has 0 aromatic heterocycles. The number of carboxylic acids is 1. The average Bonchev–Trinajstić information content (AvgIpc) is 2.34. The van der Waals surface area contributed by atoms with Gasteiger partial charge in [0, 0.05) is 38.3 Å². The van der Waals surface area contributed by atoms with Crippen LogP contribution in [0.3, 0.4) is 0 Å². The van der Waals surface area contributed by atoms with Crippen molar-refractivity contribution in [2.24, 2.45) is 0 Å². The number of rotatable bonds is 3. The van der Waals surface area contributed by atoms with Gasteiger partial charge in [0.25, 0.3) is 0 Å². The lowest BCUT2D eigenvalue weighted by Gasteiger charge is -2.32. The molecule has 0 atom stereocenters. The van der Waals surface area contributed by atoms with E-state index < -0.39 is 11.8 Å². The molecule has 1 saturated heterocycles. The Kier molecular flexibility index (Phi) is 3.93. The quantitative estimate of drug-likeness (QED) is 0.880. The standard InChI is InChI=1S/C13H17FN2O2/c1-15-5-7-16(8-6-15)9-10-3-2-4-11(12(10)14)13(17)18/h2-4H,5-9H2,1H3,(H,17,18). The largest absolute Gasteiger partial charge is 0.478 e. The van der Waals surface area contributed by atoms with E-state index in [0.717, 1.165) is 26.2 Å². The summed E-state index contributed by atoms with van der Waals surface area (Å²) in [5.74, 6) is -1.82. The molecule has 1 aromatic rings. The Balaban J connectivity index is 2.10. The van der Waals surface area contributed by atoms with Crippen molar-refractivity contribution in [3.05, 3.63) is 35.1 Å². The summed E-state index contributed by atoms with van der Waals surface area (Å²) < 4.78 is 13.9. The lowest BCUT2D eigenvalue weighted by Crippen LogP contribution is -2.44. The minimum Gasteiger partial charge on any atom is -0.478 e. The SMILES string of the molecule is CN1CCN(Cc2cccc(C(=O)O)c2F)CC1. The summed E-state index contributed by atoms with van der Waals surface area (Å²) in [5.41, 5.74) is 0.209. The van der Waals surface area contributed by atoms with Crippen LogP contribution in [0.15, 0.2) is 18.2 Å². The van der Waals surface area contributed by atoms with Crippen molar-refractivity contribution >= 4 is 5.97 Å². The Bertz CT molecular complexity index is 443. The van der Waals surface area contributed by atoms with Gasteiger partial charge >= 0.3 is 5.97 Å². The summed E-state index contributed by atoms with van der Waals surface area (Å²) >= 11 is 0. The maximum absolute atomic E-state index is 13.9. The molecule has 1 aliphatic rings. The monoisotopic (exact) mass is 252 g/mol. The van der Waals surface area contributed by atoms with Crippen molar-refractivity contribution in [1.82, 2.24) is 9.80 Å². The number of halogens is 1. The van der Waals surface area contributed by atoms with Gasteiger partial charge in [-0.2, -0.15) is 0 Å². The molecule has 98 valence electrons. The van der Waals surface area contributed by atoms with E-state index in [9.17, 15) is 9.18 Å². The van der Waals surface area contributed by atoms with Gasteiger partial charge in [0.15, 0.2) is 0 Å². The summed E-state index contributed by atoms with van der Waals surface area (Å²) in [6.45, 7) is 4.15. The molecule has 1 fully saturated rings. The van der Waals surface area contributed by atoms with Crippen LogP contribution in [0.5, 0.6) is 0 Å². The van der Waals surface area contributed by atoms with Crippen LogP contribution in [-0.4, -0.2) is 54.1 Å². The predicted octanol–water partition coefficient (Wildman–Crippen LogP) is 1.27. The maximum Gasteiger partial charge on any atom is 0.338 e. The van der Waals surface area contributed by atoms with Crippen LogP contribution in [0.25, 0.3) is 0 Å². The van der Waals surface area contributed by atoms with Gasteiger partial charge in [-0.25, -0.2) is 9.18 Å². The van der Waals surface area contributed by atoms with E-state index >= 15 is 0 Å². The van der Waals surface area contributed by atoms with E-state index in [2.05, 4.69) is 16.8 Å². The molecule has 0 unspecified atom stereocenters. The van der Waals surface area contributed by atoms with Gasteiger partial charge in [0.05, 0.1) is 5.56 Å². The lowest BCUT2D eigenvalue weighted by atomic mass is 10.1. The molecule has 4 nitrogen and oxygen atoms in total. The number of hydrogen-bond donors (Lipinski definition) is 1. The fourth-order valence-electron chi connectivity index (χ4n) is 2.11. The summed E-state index contributed by atoms with van der Waals surface area (Å²) in [6.07, 6.45) is 0. The van der Waals surface area contributed by atoms with Crippen molar-refractivity contribution in [2.75, 3.05) is 33.2 Å². The van der Waals surface area contributed by atoms with Crippen molar-refractivity contribution in [2.45, 2.75) is 6.54 Å². The first-order valence-electron chi connectivity index (χ1n) is 5.99. The third-order valence-corrected chi connectivity index (χ3v) is 3.30. The van der Waals surface area contributed by atoms with Crippen LogP contribution >= 0.6 is 0 Å². The van der Waals surface area contributed by atoms with Gasteiger partial charge in [0.1, 0.15) is 5.82 Å². The average molecular weight is 252 g/mol. The molecule has 0 radical (unpaired) electrons. The second-order valence-electron chi connectivity index (χ2n) is 4.66. The van der Waals surface area contributed by atoms with Crippen molar-refractivity contribution in [3.63, 3.8) is 0 Å². The molecule has 1 heterocycles. The lowest BCUT2D eigenvalue weighted by molar-refractivity contribution is 0.0691. The molecule has 2 rings (SSSR count). The van der Waals surface area contributed by atoms with Gasteiger partial charge in [-0.15, -0.1) is 0 Å². The maximum atomic E-state index is 13.9. The van der Waals surface area contributed by atoms with Crippen LogP contribution < -0.4 is 0 Å². The van der Waals surface area contributed by atoms with Crippen LogP contribution in [0, 0.1) is 5.82 Å². The molecule has 0 spiro atoms. The molecule has 1 aliphatic heterocycles. The minimum atomic E-state index is -1.22. The molecular formula is C13H17FN2O2. The fourth-order valence-corrected chi connectivity index (χ4v) is 2.11. The van der Waals surface area contributed by atoms with Crippen LogP contribution in [-0.2, 0) is 6.54 Å². The minimum absolute atomic E-state index is 0.248. The molecule has 18 heavy (non-hydrogen) atoms. The van der Waals surface area contributed by atoms with Crippen molar-refractivity contribution in [1.29, 1.82) is 0 Å². The van der Waals surface area contributed by atoms with Crippen LogP contribution in [0.2, 0.25) is 0 Å². The number of piperazine rings is 1. The first-order chi connectivity index (χ1) is 8.58.